The maximum atomic E-state index is 11.3. The summed E-state index contributed by atoms with van der Waals surface area (Å²) in [5.74, 6) is -0.266. The van der Waals surface area contributed by atoms with Crippen LogP contribution in [0, 0.1) is 0 Å². The van der Waals surface area contributed by atoms with E-state index >= 15 is 0 Å². The minimum atomic E-state index is -3.35. The summed E-state index contributed by atoms with van der Waals surface area (Å²) in [4.78, 5) is 11.3. The smallest absolute Gasteiger partial charge is 0.176 e. The van der Waals surface area contributed by atoms with Crippen LogP contribution in [0.2, 0.25) is 0 Å². The van der Waals surface area contributed by atoms with Gasteiger partial charge in [0.15, 0.2) is 15.6 Å². The monoisotopic (exact) mass is 276 g/mol. The Kier molecular flexibility index (Phi) is 3.11. The van der Waals surface area contributed by atoms with E-state index in [1.165, 1.54) is 13.0 Å². The number of sulfone groups is 1. The highest BCUT2D eigenvalue weighted by molar-refractivity contribution is 9.10. The molecule has 3 nitrogen and oxygen atoms in total. The highest BCUT2D eigenvalue weighted by atomic mass is 79.9. The summed E-state index contributed by atoms with van der Waals surface area (Å²) in [6, 6.07) is 4.66. The summed E-state index contributed by atoms with van der Waals surface area (Å²) in [5.41, 5.74) is 0.218. The van der Waals surface area contributed by atoms with E-state index in [-0.39, 0.29) is 16.2 Å². The molecule has 0 N–H and O–H groups in total. The van der Waals surface area contributed by atoms with Crippen LogP contribution in [0.25, 0.3) is 0 Å². The zero-order valence-electron chi connectivity index (χ0n) is 7.74. The molecule has 0 aromatic heterocycles. The third-order valence-corrected chi connectivity index (χ3v) is 3.53. The zero-order valence-corrected chi connectivity index (χ0v) is 10.1. The van der Waals surface area contributed by atoms with Crippen LogP contribution in [-0.2, 0) is 9.84 Å². The molecule has 0 aliphatic carbocycles. The first kappa shape index (κ1) is 11.4. The van der Waals surface area contributed by atoms with Gasteiger partial charge in [0, 0.05) is 10.7 Å². The summed E-state index contributed by atoms with van der Waals surface area (Å²) in [7, 11) is -3.35. The summed E-state index contributed by atoms with van der Waals surface area (Å²) in [5, 5.41) is 0. The lowest BCUT2D eigenvalue weighted by atomic mass is 10.1. The van der Waals surface area contributed by atoms with Gasteiger partial charge in [-0.1, -0.05) is 22.0 Å². The van der Waals surface area contributed by atoms with Crippen molar-refractivity contribution in [2.75, 3.05) is 6.26 Å². The van der Waals surface area contributed by atoms with Gasteiger partial charge in [-0.25, -0.2) is 8.42 Å². The molecule has 0 fully saturated rings. The number of rotatable bonds is 2. The van der Waals surface area contributed by atoms with Gasteiger partial charge < -0.3 is 0 Å². The average Bonchev–Trinajstić information content (AvgIpc) is 2.01. The Labute approximate surface area is 91.2 Å². The van der Waals surface area contributed by atoms with Gasteiger partial charge in [0.1, 0.15) is 0 Å². The fourth-order valence-corrected chi connectivity index (χ4v) is 2.88. The van der Waals surface area contributed by atoms with Crippen molar-refractivity contribution in [3.8, 4) is 0 Å². The molecular weight excluding hydrogens is 268 g/mol. The molecule has 0 saturated heterocycles. The first-order chi connectivity index (χ1) is 6.34. The molecule has 0 saturated carbocycles. The van der Waals surface area contributed by atoms with E-state index in [1.807, 2.05) is 0 Å². The Hall–Kier alpha value is -0.680. The predicted octanol–water partition coefficient (Wildman–Crippen LogP) is 2.06. The van der Waals surface area contributed by atoms with Crippen molar-refractivity contribution < 1.29 is 13.2 Å². The van der Waals surface area contributed by atoms with Gasteiger partial charge in [-0.3, -0.25) is 4.79 Å². The van der Waals surface area contributed by atoms with Gasteiger partial charge in [0.05, 0.1) is 10.5 Å². The SMILES string of the molecule is CC(=O)c1c(Br)cccc1S(C)(=O)=O. The van der Waals surface area contributed by atoms with Crippen LogP contribution in [0.15, 0.2) is 27.6 Å². The molecule has 0 unspecified atom stereocenters. The number of benzene rings is 1. The fourth-order valence-electron chi connectivity index (χ4n) is 1.16. The second-order valence-electron chi connectivity index (χ2n) is 2.94. The summed E-state index contributed by atoms with van der Waals surface area (Å²) in [6.45, 7) is 1.34. The molecule has 0 atom stereocenters. The van der Waals surface area contributed by atoms with Crippen LogP contribution in [0.5, 0.6) is 0 Å². The van der Waals surface area contributed by atoms with Crippen molar-refractivity contribution in [2.24, 2.45) is 0 Å². The number of halogens is 1. The van der Waals surface area contributed by atoms with E-state index in [1.54, 1.807) is 12.1 Å². The van der Waals surface area contributed by atoms with Crippen LogP contribution < -0.4 is 0 Å². The van der Waals surface area contributed by atoms with E-state index in [9.17, 15) is 13.2 Å². The third kappa shape index (κ3) is 2.22. The molecule has 0 bridgehead atoms. The summed E-state index contributed by atoms with van der Waals surface area (Å²) >= 11 is 3.15. The minimum Gasteiger partial charge on any atom is -0.294 e. The Bertz CT molecular complexity index is 477. The number of ketones is 1. The Balaban J connectivity index is 3.61. The van der Waals surface area contributed by atoms with Crippen LogP contribution >= 0.6 is 15.9 Å². The predicted molar refractivity (Wildman–Crippen MR) is 57.3 cm³/mol. The van der Waals surface area contributed by atoms with E-state index in [0.717, 1.165) is 6.26 Å². The number of Topliss-reactive ketones (excluding diaryl/α,β-unsaturated/α-hetero) is 1. The maximum absolute atomic E-state index is 11.3. The highest BCUT2D eigenvalue weighted by Gasteiger charge is 2.18. The van der Waals surface area contributed by atoms with Gasteiger partial charge in [-0.2, -0.15) is 0 Å². The van der Waals surface area contributed by atoms with Crippen LogP contribution in [-0.4, -0.2) is 20.5 Å². The maximum Gasteiger partial charge on any atom is 0.176 e. The van der Waals surface area contributed by atoms with Crippen LogP contribution in [0.3, 0.4) is 0 Å². The average molecular weight is 277 g/mol. The molecule has 5 heteroatoms. The number of hydrogen-bond acceptors (Lipinski definition) is 3. The lowest BCUT2D eigenvalue weighted by Gasteiger charge is -2.06. The molecule has 1 rings (SSSR count). The second-order valence-corrected chi connectivity index (χ2v) is 5.78. The van der Waals surface area contributed by atoms with Crippen molar-refractivity contribution in [3.05, 3.63) is 28.2 Å². The van der Waals surface area contributed by atoms with Gasteiger partial charge in [-0.05, 0) is 19.1 Å². The standard InChI is InChI=1S/C9H9BrO3S/c1-6(11)9-7(10)4-3-5-8(9)14(2,12)13/h3-5H,1-2H3. The highest BCUT2D eigenvalue weighted by Crippen LogP contribution is 2.24. The van der Waals surface area contributed by atoms with Crippen LogP contribution in [0.4, 0.5) is 0 Å². The molecule has 0 radical (unpaired) electrons. The number of carbonyl (C=O) groups is 1. The quantitative estimate of drug-likeness (QED) is 0.777. The number of hydrogen-bond donors (Lipinski definition) is 0. The minimum absolute atomic E-state index is 0.0689. The van der Waals surface area contributed by atoms with E-state index in [0.29, 0.717) is 4.47 Å². The Morgan fingerprint density at radius 1 is 1.36 bits per heavy atom. The molecule has 0 aliphatic rings. The Morgan fingerprint density at radius 3 is 2.29 bits per heavy atom. The van der Waals surface area contributed by atoms with Gasteiger partial charge in [0.25, 0.3) is 0 Å². The molecule has 0 heterocycles. The molecule has 14 heavy (non-hydrogen) atoms. The van der Waals surface area contributed by atoms with Crippen LogP contribution in [0.1, 0.15) is 17.3 Å². The molecule has 76 valence electrons. The molecular formula is C9H9BrO3S. The second kappa shape index (κ2) is 3.82. The molecule has 0 spiro atoms. The first-order valence-corrected chi connectivity index (χ1v) is 6.52. The van der Waals surface area contributed by atoms with Crippen molar-refractivity contribution in [2.45, 2.75) is 11.8 Å². The number of carbonyl (C=O) groups excluding carboxylic acids is 1. The normalized spacial score (nSPS) is 11.4. The van der Waals surface area contributed by atoms with Gasteiger partial charge >= 0.3 is 0 Å². The first-order valence-electron chi connectivity index (χ1n) is 3.83. The largest absolute Gasteiger partial charge is 0.294 e. The van der Waals surface area contributed by atoms with Crippen molar-refractivity contribution in [1.29, 1.82) is 0 Å². The molecule has 1 aromatic rings. The lowest BCUT2D eigenvalue weighted by molar-refractivity contribution is 0.101. The zero-order chi connectivity index (χ0) is 10.9. The van der Waals surface area contributed by atoms with Crippen molar-refractivity contribution >= 4 is 31.6 Å². The fraction of sp³-hybridized carbons (Fsp3) is 0.222. The van der Waals surface area contributed by atoms with Crippen molar-refractivity contribution in [3.63, 3.8) is 0 Å². The van der Waals surface area contributed by atoms with Gasteiger partial charge in [0.2, 0.25) is 0 Å². The van der Waals surface area contributed by atoms with E-state index in [4.69, 9.17) is 0 Å². The third-order valence-electron chi connectivity index (χ3n) is 1.73. The molecule has 0 amide bonds. The lowest BCUT2D eigenvalue weighted by Crippen LogP contribution is -2.06. The molecule has 1 aromatic carbocycles. The van der Waals surface area contributed by atoms with Gasteiger partial charge in [-0.15, -0.1) is 0 Å². The summed E-state index contributed by atoms with van der Waals surface area (Å²) in [6.07, 6.45) is 1.08. The Morgan fingerprint density at radius 2 is 1.93 bits per heavy atom. The van der Waals surface area contributed by atoms with Crippen molar-refractivity contribution in [1.82, 2.24) is 0 Å². The van der Waals surface area contributed by atoms with E-state index < -0.39 is 9.84 Å². The topological polar surface area (TPSA) is 51.2 Å². The van der Waals surface area contributed by atoms with E-state index in [2.05, 4.69) is 15.9 Å². The molecule has 0 aliphatic heterocycles. The summed E-state index contributed by atoms with van der Waals surface area (Å²) < 4.78 is 23.2.